The number of hydrogen-bond donors (Lipinski definition) is 2. The van der Waals surface area contributed by atoms with E-state index < -0.39 is 0 Å². The van der Waals surface area contributed by atoms with E-state index in [-0.39, 0.29) is 5.91 Å². The molecule has 0 aliphatic carbocycles. The maximum atomic E-state index is 10.7. The van der Waals surface area contributed by atoms with E-state index in [9.17, 15) is 4.79 Å². The lowest BCUT2D eigenvalue weighted by Gasteiger charge is -1.92. The van der Waals surface area contributed by atoms with Gasteiger partial charge in [0.15, 0.2) is 0 Å². The number of amides is 1. The third kappa shape index (κ3) is 4.09. The van der Waals surface area contributed by atoms with Crippen molar-refractivity contribution in [2.75, 3.05) is 26.6 Å². The summed E-state index contributed by atoms with van der Waals surface area (Å²) in [6.45, 7) is 8.06. The molecule has 0 aromatic carbocycles. The average molecular weight is 213 g/mol. The molecule has 6 heteroatoms. The van der Waals surface area contributed by atoms with Crippen LogP contribution in [0.4, 0.5) is 0 Å². The molecule has 1 amide bonds. The predicted molar refractivity (Wildman–Crippen MR) is 55.2 cm³/mol. The Labute approximate surface area is 88.3 Å². The Kier molecular flexibility index (Phi) is 4.79. The zero-order chi connectivity index (χ0) is 11.1. The lowest BCUT2D eigenvalue weighted by Crippen LogP contribution is -2.25. The van der Waals surface area contributed by atoms with Crippen LogP contribution in [0.1, 0.15) is 6.92 Å². The smallest absolute Gasteiger partial charge is 0.273 e. The third-order valence-corrected chi connectivity index (χ3v) is 1.63. The largest absolute Gasteiger partial charge is 0.353 e. The van der Waals surface area contributed by atoms with Gasteiger partial charge in [0.25, 0.3) is 5.91 Å². The first kappa shape index (κ1) is 11.7. The monoisotopic (exact) mass is 213 g/mol. The second kappa shape index (κ2) is 6.15. The summed E-state index contributed by atoms with van der Waals surface area (Å²) in [5.41, 5.74) is 0.354. The van der Waals surface area contributed by atoms with Gasteiger partial charge in [-0.2, -0.15) is 0 Å². The Morgan fingerprint density at radius 1 is 1.40 bits per heavy atom. The lowest BCUT2D eigenvalue weighted by molar-refractivity contribution is -0.115. The van der Waals surface area contributed by atoms with Crippen molar-refractivity contribution in [2.24, 2.45) is 4.99 Å². The van der Waals surface area contributed by atoms with E-state index in [1.807, 2.05) is 6.92 Å². The molecule has 2 saturated heterocycles. The summed E-state index contributed by atoms with van der Waals surface area (Å²) in [7, 11) is 0. The van der Waals surface area contributed by atoms with Gasteiger partial charge in [-0.1, -0.05) is 6.58 Å². The van der Waals surface area contributed by atoms with Crippen molar-refractivity contribution < 1.29 is 14.3 Å². The minimum atomic E-state index is -0.202. The Morgan fingerprint density at radius 3 is 2.40 bits per heavy atom. The minimum Gasteiger partial charge on any atom is -0.353 e. The summed E-state index contributed by atoms with van der Waals surface area (Å²) < 4.78 is 9.44. The van der Waals surface area contributed by atoms with E-state index >= 15 is 0 Å². The van der Waals surface area contributed by atoms with Gasteiger partial charge in [-0.15, -0.1) is 0 Å². The van der Waals surface area contributed by atoms with Crippen LogP contribution in [-0.2, 0) is 14.3 Å². The summed E-state index contributed by atoms with van der Waals surface area (Å²) in [5.74, 6) is 0.296. The van der Waals surface area contributed by atoms with Crippen LogP contribution < -0.4 is 10.6 Å². The average Bonchev–Trinajstić information content (AvgIpc) is 2.82. The fraction of sp³-hybridized carbons (Fsp3) is 0.556. The van der Waals surface area contributed by atoms with E-state index in [2.05, 4.69) is 22.2 Å². The molecule has 84 valence electrons. The van der Waals surface area contributed by atoms with Gasteiger partial charge in [0, 0.05) is 6.54 Å². The molecule has 2 aliphatic heterocycles. The van der Waals surface area contributed by atoms with Crippen molar-refractivity contribution in [2.45, 2.75) is 6.92 Å². The second-order valence-electron chi connectivity index (χ2n) is 2.81. The summed E-state index contributed by atoms with van der Waals surface area (Å²) in [4.78, 5) is 14.6. The second-order valence-corrected chi connectivity index (χ2v) is 2.81. The zero-order valence-corrected chi connectivity index (χ0v) is 8.71. The van der Waals surface area contributed by atoms with Gasteiger partial charge >= 0.3 is 0 Å². The quantitative estimate of drug-likeness (QED) is 0.581. The van der Waals surface area contributed by atoms with Crippen LogP contribution in [0.25, 0.3) is 0 Å². The topological polar surface area (TPSA) is 72.0 Å². The first-order valence-electron chi connectivity index (χ1n) is 4.71. The molecule has 0 atom stereocenters. The summed E-state index contributed by atoms with van der Waals surface area (Å²) in [5, 5.41) is 5.20. The molecule has 2 fully saturated rings. The molecule has 0 bridgehead atoms. The molecule has 2 heterocycles. The maximum absolute atomic E-state index is 10.7. The fourth-order valence-electron chi connectivity index (χ4n) is 0.946. The Hall–Kier alpha value is -1.40. The van der Waals surface area contributed by atoms with Crippen molar-refractivity contribution in [3.8, 4) is 0 Å². The van der Waals surface area contributed by atoms with Crippen molar-refractivity contribution in [1.82, 2.24) is 10.6 Å². The number of ether oxygens (including phenoxy) is 2. The molecule has 15 heavy (non-hydrogen) atoms. The summed E-state index contributed by atoms with van der Waals surface area (Å²) in [6.07, 6.45) is 0. The Bertz CT molecular complexity index is 246. The number of guanidine groups is 1. The number of carbonyl (C=O) groups excluding carboxylic acids is 1. The molecule has 2 rings (SSSR count). The van der Waals surface area contributed by atoms with Crippen LogP contribution in [0.15, 0.2) is 17.3 Å². The van der Waals surface area contributed by atoms with Crippen LogP contribution in [-0.4, -0.2) is 38.4 Å². The number of rotatable bonds is 1. The molecule has 0 aromatic rings. The normalized spacial score (nSPS) is 22.1. The molecule has 2 N–H and O–H groups in total. The molecule has 0 saturated carbocycles. The van der Waals surface area contributed by atoms with Crippen LogP contribution in [0, 0.1) is 0 Å². The number of nitrogens with one attached hydrogen (secondary N) is 2. The van der Waals surface area contributed by atoms with Crippen molar-refractivity contribution >= 4 is 11.9 Å². The Balaban J connectivity index is 0.000000187. The van der Waals surface area contributed by atoms with E-state index in [1.54, 1.807) is 0 Å². The van der Waals surface area contributed by atoms with Gasteiger partial charge in [-0.05, 0) is 6.92 Å². The van der Waals surface area contributed by atoms with Crippen molar-refractivity contribution in [1.29, 1.82) is 0 Å². The predicted octanol–water partition coefficient (Wildman–Crippen LogP) is -0.414. The number of aliphatic imine (C=N–C) groups is 1. The fourth-order valence-corrected chi connectivity index (χ4v) is 0.946. The maximum Gasteiger partial charge on any atom is 0.273 e. The molecule has 2 aliphatic rings. The highest BCUT2D eigenvalue weighted by atomic mass is 16.7. The molecule has 0 unspecified atom stereocenters. The first-order chi connectivity index (χ1) is 7.24. The number of hydrogen-bond acceptors (Lipinski definition) is 4. The van der Waals surface area contributed by atoms with Crippen molar-refractivity contribution in [3.63, 3.8) is 0 Å². The van der Waals surface area contributed by atoms with E-state index in [1.165, 1.54) is 0 Å². The van der Waals surface area contributed by atoms with Gasteiger partial charge in [0.1, 0.15) is 6.79 Å². The van der Waals surface area contributed by atoms with Gasteiger partial charge in [0.05, 0.1) is 18.9 Å². The molecular weight excluding hydrogens is 198 g/mol. The molecule has 0 radical (unpaired) electrons. The third-order valence-electron chi connectivity index (χ3n) is 1.63. The molecule has 6 nitrogen and oxygen atoms in total. The Morgan fingerprint density at radius 2 is 2.07 bits per heavy atom. The highest BCUT2D eigenvalue weighted by Gasteiger charge is 2.18. The highest BCUT2D eigenvalue weighted by Crippen LogP contribution is 1.92. The van der Waals surface area contributed by atoms with Gasteiger partial charge in [-0.3, -0.25) is 15.1 Å². The van der Waals surface area contributed by atoms with E-state index in [4.69, 9.17) is 9.47 Å². The molecule has 0 spiro atoms. The van der Waals surface area contributed by atoms with Crippen LogP contribution in [0.2, 0.25) is 0 Å². The van der Waals surface area contributed by atoms with Crippen molar-refractivity contribution in [3.05, 3.63) is 12.3 Å². The van der Waals surface area contributed by atoms with Gasteiger partial charge in [0.2, 0.25) is 5.96 Å². The first-order valence-corrected chi connectivity index (χ1v) is 4.71. The standard InChI is InChI=1S/C6H9N3O.C3H6O2/c1-3-7-6-8-4(2)5(10)9-6;1-2-5-3-4-1/h2-3H2,1H3,(H2,7,8,9,10);1-3H2. The van der Waals surface area contributed by atoms with Gasteiger partial charge < -0.3 is 14.8 Å². The van der Waals surface area contributed by atoms with Crippen LogP contribution in [0.5, 0.6) is 0 Å². The highest BCUT2D eigenvalue weighted by molar-refractivity contribution is 6.13. The van der Waals surface area contributed by atoms with Crippen LogP contribution >= 0.6 is 0 Å². The number of carbonyl (C=O) groups is 1. The molecule has 0 aromatic heterocycles. The van der Waals surface area contributed by atoms with Crippen LogP contribution in [0.3, 0.4) is 0 Å². The van der Waals surface area contributed by atoms with Gasteiger partial charge in [-0.25, -0.2) is 0 Å². The SMILES string of the molecule is C1COCO1.C=C1NC(=NCC)NC1=O. The lowest BCUT2D eigenvalue weighted by atomic mass is 10.5. The van der Waals surface area contributed by atoms with E-state index in [0.717, 1.165) is 13.2 Å². The zero-order valence-electron chi connectivity index (χ0n) is 8.71. The minimum absolute atomic E-state index is 0.202. The summed E-state index contributed by atoms with van der Waals surface area (Å²) >= 11 is 0. The molecular formula is C9H15N3O3. The summed E-state index contributed by atoms with van der Waals surface area (Å²) in [6, 6.07) is 0. The number of nitrogens with zero attached hydrogens (tertiary/aromatic N) is 1. The van der Waals surface area contributed by atoms with E-state index in [0.29, 0.717) is 25.0 Å².